The molecule has 0 aliphatic rings. The van der Waals surface area contributed by atoms with Crippen molar-refractivity contribution in [1.29, 1.82) is 0 Å². The Balaban J connectivity index is 2.01. The van der Waals surface area contributed by atoms with Crippen molar-refractivity contribution in [3.8, 4) is 11.5 Å². The molecule has 0 fully saturated rings. The molecule has 24 heavy (non-hydrogen) atoms. The third kappa shape index (κ3) is 5.11. The van der Waals surface area contributed by atoms with Crippen molar-refractivity contribution in [3.63, 3.8) is 0 Å². The quantitative estimate of drug-likeness (QED) is 0.757. The Morgan fingerprint density at radius 3 is 2.50 bits per heavy atom. The number of hydrogen-bond acceptors (Lipinski definition) is 3. The molecule has 0 atom stereocenters. The minimum absolute atomic E-state index is 0.248. The molecule has 5 nitrogen and oxygen atoms in total. The van der Waals surface area contributed by atoms with Crippen LogP contribution in [0.25, 0.3) is 0 Å². The van der Waals surface area contributed by atoms with Crippen LogP contribution in [-0.4, -0.2) is 19.6 Å². The average Bonchev–Trinajstić information content (AvgIpc) is 2.55. The zero-order valence-electron chi connectivity index (χ0n) is 13.2. The number of primary amides is 1. The number of benzene rings is 2. The number of quaternary nitrogens is 1. The second kappa shape index (κ2) is 8.52. The first-order valence-electron chi connectivity index (χ1n) is 7.33. The lowest BCUT2D eigenvalue weighted by Gasteiger charge is -2.13. The SMILES string of the molecule is COc1cc(C[NH2+]Cc2ccc(F)cc2)cc(Cl)c1OCC(N)=O. The summed E-state index contributed by atoms with van der Waals surface area (Å²) < 4.78 is 23.4. The molecule has 2 aromatic carbocycles. The first-order valence-corrected chi connectivity index (χ1v) is 7.71. The molecule has 128 valence electrons. The number of rotatable bonds is 8. The first-order chi connectivity index (χ1) is 11.5. The third-order valence-electron chi connectivity index (χ3n) is 3.32. The van der Waals surface area contributed by atoms with E-state index in [1.54, 1.807) is 24.3 Å². The van der Waals surface area contributed by atoms with Crippen molar-refractivity contribution in [2.45, 2.75) is 13.1 Å². The van der Waals surface area contributed by atoms with Crippen LogP contribution in [0.15, 0.2) is 36.4 Å². The van der Waals surface area contributed by atoms with Crippen molar-refractivity contribution in [2.75, 3.05) is 13.7 Å². The number of carbonyl (C=O) groups excluding carboxylic acids is 1. The lowest BCUT2D eigenvalue weighted by molar-refractivity contribution is -0.686. The van der Waals surface area contributed by atoms with Crippen molar-refractivity contribution in [1.82, 2.24) is 0 Å². The Morgan fingerprint density at radius 1 is 1.21 bits per heavy atom. The number of amides is 1. The fourth-order valence-electron chi connectivity index (χ4n) is 2.20. The summed E-state index contributed by atoms with van der Waals surface area (Å²) in [6, 6.07) is 9.92. The van der Waals surface area contributed by atoms with Crippen molar-refractivity contribution >= 4 is 17.5 Å². The van der Waals surface area contributed by atoms with Gasteiger partial charge in [-0.15, -0.1) is 0 Å². The van der Waals surface area contributed by atoms with E-state index in [0.717, 1.165) is 11.1 Å². The molecule has 2 aromatic rings. The lowest BCUT2D eigenvalue weighted by Crippen LogP contribution is -2.80. The smallest absolute Gasteiger partial charge is 0.255 e. The van der Waals surface area contributed by atoms with Crippen LogP contribution >= 0.6 is 11.6 Å². The van der Waals surface area contributed by atoms with Crippen LogP contribution in [0.4, 0.5) is 4.39 Å². The highest BCUT2D eigenvalue weighted by atomic mass is 35.5. The van der Waals surface area contributed by atoms with Gasteiger partial charge in [-0.1, -0.05) is 23.7 Å². The average molecular weight is 354 g/mol. The van der Waals surface area contributed by atoms with Gasteiger partial charge >= 0.3 is 0 Å². The van der Waals surface area contributed by atoms with Crippen LogP contribution in [0.2, 0.25) is 5.02 Å². The van der Waals surface area contributed by atoms with E-state index in [0.29, 0.717) is 29.6 Å². The number of hydrogen-bond donors (Lipinski definition) is 2. The summed E-state index contributed by atoms with van der Waals surface area (Å²) >= 11 is 6.20. The Morgan fingerprint density at radius 2 is 1.88 bits per heavy atom. The molecule has 0 bridgehead atoms. The first kappa shape index (κ1) is 18.0. The predicted octanol–water partition coefficient (Wildman–Crippen LogP) is 1.62. The number of ether oxygens (including phenoxy) is 2. The Labute approximate surface area is 144 Å². The van der Waals surface area contributed by atoms with Crippen molar-refractivity contribution < 1.29 is 24.0 Å². The second-order valence-corrected chi connectivity index (χ2v) is 5.59. The second-order valence-electron chi connectivity index (χ2n) is 5.19. The number of carbonyl (C=O) groups is 1. The van der Waals surface area contributed by atoms with E-state index < -0.39 is 5.91 Å². The van der Waals surface area contributed by atoms with Gasteiger partial charge in [-0.2, -0.15) is 0 Å². The minimum atomic E-state index is -0.593. The van der Waals surface area contributed by atoms with Gasteiger partial charge in [0.05, 0.1) is 12.1 Å². The molecule has 0 aliphatic carbocycles. The zero-order chi connectivity index (χ0) is 17.5. The largest absolute Gasteiger partial charge is 0.493 e. The summed E-state index contributed by atoms with van der Waals surface area (Å²) in [6.45, 7) is 1.09. The maximum absolute atomic E-state index is 12.9. The van der Waals surface area contributed by atoms with Gasteiger partial charge < -0.3 is 20.5 Å². The summed E-state index contributed by atoms with van der Waals surface area (Å²) in [4.78, 5) is 10.8. The van der Waals surface area contributed by atoms with Crippen molar-refractivity contribution in [3.05, 3.63) is 58.4 Å². The molecule has 1 amide bonds. The number of nitrogens with two attached hydrogens (primary N) is 2. The minimum Gasteiger partial charge on any atom is -0.493 e. The standard InChI is InChI=1S/C17H18ClFN2O3/c1-23-15-7-12(6-14(18)17(15)24-10-16(20)22)9-21-8-11-2-4-13(19)5-3-11/h2-7,21H,8-10H2,1H3,(H2,20,22)/p+1. The van der Waals surface area contributed by atoms with E-state index in [-0.39, 0.29) is 12.4 Å². The van der Waals surface area contributed by atoms with E-state index in [1.165, 1.54) is 19.2 Å². The molecule has 0 aromatic heterocycles. The maximum Gasteiger partial charge on any atom is 0.255 e. The molecule has 0 saturated heterocycles. The Hall–Kier alpha value is -2.31. The van der Waals surface area contributed by atoms with Crippen LogP contribution in [0.5, 0.6) is 11.5 Å². The Bertz CT molecular complexity index is 708. The van der Waals surface area contributed by atoms with E-state index in [4.69, 9.17) is 26.8 Å². The monoisotopic (exact) mass is 353 g/mol. The van der Waals surface area contributed by atoms with Gasteiger partial charge in [0.1, 0.15) is 18.9 Å². The highest BCUT2D eigenvalue weighted by Crippen LogP contribution is 2.36. The van der Waals surface area contributed by atoms with Gasteiger partial charge in [-0.05, 0) is 24.3 Å². The van der Waals surface area contributed by atoms with E-state index in [1.807, 2.05) is 0 Å². The zero-order valence-corrected chi connectivity index (χ0v) is 14.0. The molecular weight excluding hydrogens is 335 g/mol. The fraction of sp³-hybridized carbons (Fsp3) is 0.235. The molecule has 0 radical (unpaired) electrons. The van der Waals surface area contributed by atoms with Gasteiger partial charge in [-0.3, -0.25) is 4.79 Å². The number of methoxy groups -OCH3 is 1. The molecular formula is C17H19ClFN2O3+. The van der Waals surface area contributed by atoms with E-state index >= 15 is 0 Å². The molecule has 7 heteroatoms. The van der Waals surface area contributed by atoms with Crippen LogP contribution in [0, 0.1) is 5.82 Å². The molecule has 4 N–H and O–H groups in total. The molecule has 0 unspecified atom stereocenters. The maximum atomic E-state index is 12.9. The molecule has 0 spiro atoms. The highest BCUT2D eigenvalue weighted by molar-refractivity contribution is 6.32. The fourth-order valence-corrected chi connectivity index (χ4v) is 2.49. The van der Waals surface area contributed by atoms with Gasteiger partial charge in [0.2, 0.25) is 0 Å². The van der Waals surface area contributed by atoms with Crippen LogP contribution < -0.4 is 20.5 Å². The van der Waals surface area contributed by atoms with Gasteiger partial charge in [0.25, 0.3) is 5.91 Å². The molecule has 2 rings (SSSR count). The summed E-state index contributed by atoms with van der Waals surface area (Å²) in [5.74, 6) is -0.110. The normalized spacial score (nSPS) is 10.5. The van der Waals surface area contributed by atoms with Gasteiger partial charge in [0.15, 0.2) is 18.1 Å². The third-order valence-corrected chi connectivity index (χ3v) is 3.60. The number of halogens is 2. The summed E-state index contributed by atoms with van der Waals surface area (Å²) in [7, 11) is 1.49. The predicted molar refractivity (Wildman–Crippen MR) is 88.4 cm³/mol. The molecule has 0 heterocycles. The van der Waals surface area contributed by atoms with E-state index in [2.05, 4.69) is 5.32 Å². The van der Waals surface area contributed by atoms with Gasteiger partial charge in [-0.25, -0.2) is 4.39 Å². The summed E-state index contributed by atoms with van der Waals surface area (Å²) in [6.07, 6.45) is 0. The molecule has 0 saturated carbocycles. The summed E-state index contributed by atoms with van der Waals surface area (Å²) in [5.41, 5.74) is 7.03. The van der Waals surface area contributed by atoms with E-state index in [9.17, 15) is 9.18 Å². The molecule has 0 aliphatic heterocycles. The highest BCUT2D eigenvalue weighted by Gasteiger charge is 2.13. The van der Waals surface area contributed by atoms with Gasteiger partial charge in [0, 0.05) is 11.1 Å². The van der Waals surface area contributed by atoms with Crippen LogP contribution in [0.1, 0.15) is 11.1 Å². The topological polar surface area (TPSA) is 78.2 Å². The van der Waals surface area contributed by atoms with Crippen LogP contribution in [-0.2, 0) is 17.9 Å². The van der Waals surface area contributed by atoms with Crippen molar-refractivity contribution in [2.24, 2.45) is 5.73 Å². The lowest BCUT2D eigenvalue weighted by atomic mass is 10.2. The van der Waals surface area contributed by atoms with Crippen LogP contribution in [0.3, 0.4) is 0 Å². The summed E-state index contributed by atoms with van der Waals surface area (Å²) in [5, 5.41) is 2.41. The Kier molecular flexibility index (Phi) is 6.40.